The maximum Gasteiger partial charge on any atom is 0.125 e. The second kappa shape index (κ2) is 11.0. The molecule has 114 valence electrons. The van der Waals surface area contributed by atoms with Gasteiger partial charge in [-0.1, -0.05) is 22.0 Å². The Balaban J connectivity index is 2.11. The highest BCUT2D eigenvalue weighted by atomic mass is 79.9. The van der Waals surface area contributed by atoms with Gasteiger partial charge in [-0.15, -0.1) is 0 Å². The van der Waals surface area contributed by atoms with Crippen molar-refractivity contribution in [1.82, 2.24) is 0 Å². The second-order valence-electron chi connectivity index (χ2n) is 3.99. The minimum Gasteiger partial charge on any atom is -0.491 e. The fourth-order valence-corrected chi connectivity index (χ4v) is 2.06. The van der Waals surface area contributed by atoms with Crippen LogP contribution >= 0.6 is 15.9 Å². The molecule has 0 aliphatic rings. The number of ether oxygens (including phenoxy) is 4. The molecule has 5 nitrogen and oxygen atoms in total. The van der Waals surface area contributed by atoms with E-state index in [1.165, 1.54) is 0 Å². The lowest BCUT2D eigenvalue weighted by Gasteiger charge is -2.12. The molecule has 0 aliphatic carbocycles. The summed E-state index contributed by atoms with van der Waals surface area (Å²) in [5, 5.41) is 0. The summed E-state index contributed by atoms with van der Waals surface area (Å²) in [5.41, 5.74) is 6.66. The smallest absolute Gasteiger partial charge is 0.125 e. The molecule has 0 bridgehead atoms. The Bertz CT molecular complexity index is 376. The van der Waals surface area contributed by atoms with Crippen molar-refractivity contribution >= 4 is 15.9 Å². The molecular weight excluding hydrogens is 326 g/mol. The van der Waals surface area contributed by atoms with Crippen LogP contribution in [-0.4, -0.2) is 46.8 Å². The molecule has 0 spiro atoms. The Labute approximate surface area is 128 Å². The van der Waals surface area contributed by atoms with Gasteiger partial charge in [-0.3, -0.25) is 0 Å². The van der Waals surface area contributed by atoms with E-state index in [1.54, 1.807) is 7.11 Å². The van der Waals surface area contributed by atoms with Crippen LogP contribution in [0.3, 0.4) is 0 Å². The topological polar surface area (TPSA) is 62.9 Å². The highest BCUT2D eigenvalue weighted by Gasteiger charge is 2.05. The molecule has 0 heterocycles. The molecule has 2 N–H and O–H groups in total. The minimum atomic E-state index is 0.435. The van der Waals surface area contributed by atoms with Crippen LogP contribution in [-0.2, 0) is 20.8 Å². The van der Waals surface area contributed by atoms with Gasteiger partial charge in [0.25, 0.3) is 0 Å². The fraction of sp³-hybridized carbons (Fsp3) is 0.571. The van der Waals surface area contributed by atoms with E-state index in [9.17, 15) is 0 Å². The second-order valence-corrected chi connectivity index (χ2v) is 4.84. The average molecular weight is 348 g/mol. The molecular formula is C14H22BrNO4. The summed E-state index contributed by atoms with van der Waals surface area (Å²) < 4.78 is 22.2. The van der Waals surface area contributed by atoms with Gasteiger partial charge in [0.05, 0.1) is 33.0 Å². The summed E-state index contributed by atoms with van der Waals surface area (Å²) in [5.74, 6) is 0.793. The van der Waals surface area contributed by atoms with Crippen molar-refractivity contribution in [3.05, 3.63) is 28.2 Å². The molecule has 0 amide bonds. The van der Waals surface area contributed by atoms with Gasteiger partial charge in [0.15, 0.2) is 0 Å². The molecule has 0 aliphatic heterocycles. The third-order valence-corrected chi connectivity index (χ3v) is 3.31. The summed E-state index contributed by atoms with van der Waals surface area (Å²) >= 11 is 3.45. The molecule has 6 heteroatoms. The van der Waals surface area contributed by atoms with Gasteiger partial charge >= 0.3 is 0 Å². The predicted molar refractivity (Wildman–Crippen MR) is 81.0 cm³/mol. The summed E-state index contributed by atoms with van der Waals surface area (Å²) in [6, 6.07) is 5.77. The molecule has 0 aromatic heterocycles. The third-order valence-electron chi connectivity index (χ3n) is 2.57. The molecule has 0 saturated heterocycles. The first-order chi connectivity index (χ1) is 9.79. The van der Waals surface area contributed by atoms with Crippen LogP contribution in [0.2, 0.25) is 0 Å². The van der Waals surface area contributed by atoms with Crippen LogP contribution in [0.4, 0.5) is 0 Å². The van der Waals surface area contributed by atoms with Gasteiger partial charge in [-0.25, -0.2) is 0 Å². The zero-order valence-corrected chi connectivity index (χ0v) is 13.4. The normalized spacial score (nSPS) is 10.8. The lowest BCUT2D eigenvalue weighted by molar-refractivity contribution is 0.0179. The van der Waals surface area contributed by atoms with E-state index in [0.717, 1.165) is 15.8 Å². The number of nitrogens with two attached hydrogens (primary N) is 1. The molecule has 0 saturated carbocycles. The number of rotatable bonds is 11. The van der Waals surface area contributed by atoms with E-state index in [0.29, 0.717) is 46.2 Å². The monoisotopic (exact) mass is 347 g/mol. The molecule has 1 aromatic rings. The average Bonchev–Trinajstić information content (AvgIpc) is 2.45. The van der Waals surface area contributed by atoms with E-state index in [-0.39, 0.29) is 0 Å². The molecule has 0 atom stereocenters. The van der Waals surface area contributed by atoms with Crippen molar-refractivity contribution in [1.29, 1.82) is 0 Å². The zero-order chi connectivity index (χ0) is 14.6. The SMILES string of the molecule is COCCOCCOCCOc1cccc(Br)c1CN. The van der Waals surface area contributed by atoms with Crippen LogP contribution in [0.1, 0.15) is 5.56 Å². The Morgan fingerprint density at radius 3 is 2.30 bits per heavy atom. The number of methoxy groups -OCH3 is 1. The van der Waals surface area contributed by atoms with Crippen molar-refractivity contribution < 1.29 is 18.9 Å². The van der Waals surface area contributed by atoms with Gasteiger partial charge in [-0.2, -0.15) is 0 Å². The molecule has 0 radical (unpaired) electrons. The van der Waals surface area contributed by atoms with Crippen molar-refractivity contribution in [3.63, 3.8) is 0 Å². The number of hydrogen-bond donors (Lipinski definition) is 1. The first-order valence-electron chi connectivity index (χ1n) is 6.54. The maximum atomic E-state index is 5.69. The zero-order valence-electron chi connectivity index (χ0n) is 11.8. The summed E-state index contributed by atoms with van der Waals surface area (Å²) in [4.78, 5) is 0. The predicted octanol–water partition coefficient (Wildman–Crippen LogP) is 1.97. The van der Waals surface area contributed by atoms with Gasteiger partial charge in [-0.05, 0) is 12.1 Å². The van der Waals surface area contributed by atoms with Crippen LogP contribution < -0.4 is 10.5 Å². The summed E-state index contributed by atoms with van der Waals surface area (Å²) in [6.07, 6.45) is 0. The number of hydrogen-bond acceptors (Lipinski definition) is 5. The van der Waals surface area contributed by atoms with E-state index in [4.69, 9.17) is 24.7 Å². The quantitative estimate of drug-likeness (QED) is 0.620. The highest BCUT2D eigenvalue weighted by molar-refractivity contribution is 9.10. The fourth-order valence-electron chi connectivity index (χ4n) is 1.55. The van der Waals surface area contributed by atoms with Crippen molar-refractivity contribution in [2.45, 2.75) is 6.54 Å². The Morgan fingerprint density at radius 2 is 1.65 bits per heavy atom. The highest BCUT2D eigenvalue weighted by Crippen LogP contribution is 2.26. The third kappa shape index (κ3) is 6.67. The number of benzene rings is 1. The lowest BCUT2D eigenvalue weighted by atomic mass is 10.2. The van der Waals surface area contributed by atoms with Gasteiger partial charge in [0.1, 0.15) is 12.4 Å². The van der Waals surface area contributed by atoms with Crippen LogP contribution in [0.15, 0.2) is 22.7 Å². The van der Waals surface area contributed by atoms with E-state index in [1.807, 2.05) is 18.2 Å². The minimum absolute atomic E-state index is 0.435. The summed E-state index contributed by atoms with van der Waals surface area (Å²) in [7, 11) is 1.65. The van der Waals surface area contributed by atoms with Crippen LogP contribution in [0, 0.1) is 0 Å². The van der Waals surface area contributed by atoms with Crippen molar-refractivity contribution in [2.75, 3.05) is 46.8 Å². The van der Waals surface area contributed by atoms with E-state index in [2.05, 4.69) is 15.9 Å². The first kappa shape index (κ1) is 17.4. The first-order valence-corrected chi connectivity index (χ1v) is 7.33. The Morgan fingerprint density at radius 1 is 1.00 bits per heavy atom. The van der Waals surface area contributed by atoms with Crippen LogP contribution in [0.25, 0.3) is 0 Å². The lowest BCUT2D eigenvalue weighted by Crippen LogP contribution is -2.13. The van der Waals surface area contributed by atoms with Gasteiger partial charge in [0, 0.05) is 23.7 Å². The van der Waals surface area contributed by atoms with Crippen molar-refractivity contribution in [2.24, 2.45) is 5.73 Å². The maximum absolute atomic E-state index is 5.69. The number of halogens is 1. The Kier molecular flexibility index (Phi) is 9.61. The summed E-state index contributed by atoms with van der Waals surface area (Å²) in [6.45, 7) is 3.75. The van der Waals surface area contributed by atoms with Gasteiger partial charge < -0.3 is 24.7 Å². The largest absolute Gasteiger partial charge is 0.491 e. The van der Waals surface area contributed by atoms with E-state index >= 15 is 0 Å². The van der Waals surface area contributed by atoms with E-state index < -0.39 is 0 Å². The standard InChI is InChI=1S/C14H22BrNO4/c1-17-5-6-18-7-8-19-9-10-20-14-4-2-3-13(15)12(14)11-16/h2-4H,5-11,16H2,1H3. The Hall–Kier alpha value is -0.660. The van der Waals surface area contributed by atoms with Crippen LogP contribution in [0.5, 0.6) is 5.75 Å². The molecule has 0 unspecified atom stereocenters. The van der Waals surface area contributed by atoms with Gasteiger partial charge in [0.2, 0.25) is 0 Å². The molecule has 1 aromatic carbocycles. The molecule has 1 rings (SSSR count). The molecule has 20 heavy (non-hydrogen) atoms. The molecule has 0 fully saturated rings. The van der Waals surface area contributed by atoms with Crippen molar-refractivity contribution in [3.8, 4) is 5.75 Å².